The Balaban J connectivity index is 1.11. The SMILES string of the molecule is COc1ccc(C(=O)C2CCN(C(=O)c3ccc(C(=O)Nc4ccc(Oc5ccc(SC)cc5)nc4)cn3)CC2)cc1. The van der Waals surface area contributed by atoms with Crippen molar-refractivity contribution >= 4 is 35.0 Å². The number of ether oxygens (including phenoxy) is 2. The predicted molar refractivity (Wildman–Crippen MR) is 161 cm³/mol. The summed E-state index contributed by atoms with van der Waals surface area (Å²) in [5.41, 5.74) is 1.70. The average molecular weight is 583 g/mol. The molecule has 1 aliphatic heterocycles. The van der Waals surface area contributed by atoms with Crippen molar-refractivity contribution in [2.75, 3.05) is 31.8 Å². The van der Waals surface area contributed by atoms with Gasteiger partial charge in [0.1, 0.15) is 17.2 Å². The maximum absolute atomic E-state index is 13.0. The van der Waals surface area contributed by atoms with Crippen LogP contribution in [-0.2, 0) is 0 Å². The lowest BCUT2D eigenvalue weighted by Gasteiger charge is -2.31. The van der Waals surface area contributed by atoms with Crippen LogP contribution in [0.4, 0.5) is 5.69 Å². The van der Waals surface area contributed by atoms with Gasteiger partial charge in [-0.3, -0.25) is 19.4 Å². The van der Waals surface area contributed by atoms with Gasteiger partial charge in [-0.2, -0.15) is 0 Å². The van der Waals surface area contributed by atoms with Crippen molar-refractivity contribution in [3.8, 4) is 17.4 Å². The number of pyridine rings is 2. The number of benzene rings is 2. The number of anilines is 1. The van der Waals surface area contributed by atoms with Crippen LogP contribution in [-0.4, -0.2) is 58.9 Å². The van der Waals surface area contributed by atoms with Crippen LogP contribution < -0.4 is 14.8 Å². The van der Waals surface area contributed by atoms with E-state index in [0.717, 1.165) is 4.90 Å². The van der Waals surface area contributed by atoms with Crippen molar-refractivity contribution in [3.05, 3.63) is 102 Å². The molecule has 4 aromatic rings. The van der Waals surface area contributed by atoms with E-state index in [-0.39, 0.29) is 29.2 Å². The Morgan fingerprint density at radius 3 is 2.12 bits per heavy atom. The molecule has 214 valence electrons. The number of ketones is 1. The summed E-state index contributed by atoms with van der Waals surface area (Å²) in [7, 11) is 1.59. The molecule has 2 aromatic heterocycles. The van der Waals surface area contributed by atoms with Crippen LogP contribution in [0.3, 0.4) is 0 Å². The summed E-state index contributed by atoms with van der Waals surface area (Å²) in [6.07, 6.45) is 6.07. The van der Waals surface area contributed by atoms with E-state index in [2.05, 4.69) is 15.3 Å². The summed E-state index contributed by atoms with van der Waals surface area (Å²) in [5.74, 6) is 1.13. The van der Waals surface area contributed by atoms with Gasteiger partial charge in [0, 0.05) is 41.7 Å². The lowest BCUT2D eigenvalue weighted by molar-refractivity contribution is 0.0645. The molecule has 0 unspecified atom stereocenters. The molecule has 0 atom stereocenters. The number of carbonyl (C=O) groups is 3. The Kier molecular flexibility index (Phi) is 9.13. The number of carbonyl (C=O) groups excluding carboxylic acids is 3. The van der Waals surface area contributed by atoms with E-state index < -0.39 is 0 Å². The van der Waals surface area contributed by atoms with Crippen LogP contribution in [0.2, 0.25) is 0 Å². The third-order valence-corrected chi connectivity index (χ3v) is 7.79. The smallest absolute Gasteiger partial charge is 0.272 e. The first kappa shape index (κ1) is 28.8. The van der Waals surface area contributed by atoms with Crippen LogP contribution in [0, 0.1) is 5.92 Å². The fourth-order valence-electron chi connectivity index (χ4n) is 4.63. The van der Waals surface area contributed by atoms with Crippen molar-refractivity contribution in [1.29, 1.82) is 0 Å². The van der Waals surface area contributed by atoms with E-state index in [1.165, 1.54) is 12.4 Å². The number of amides is 2. The molecule has 3 heterocycles. The fourth-order valence-corrected chi connectivity index (χ4v) is 5.04. The van der Waals surface area contributed by atoms with Crippen molar-refractivity contribution in [1.82, 2.24) is 14.9 Å². The molecule has 0 radical (unpaired) electrons. The number of thioether (sulfide) groups is 1. The molecule has 9 nitrogen and oxygen atoms in total. The van der Waals surface area contributed by atoms with Gasteiger partial charge in [0.25, 0.3) is 11.8 Å². The Morgan fingerprint density at radius 1 is 0.833 bits per heavy atom. The minimum absolute atomic E-state index is 0.0802. The van der Waals surface area contributed by atoms with Gasteiger partial charge in [-0.15, -0.1) is 11.8 Å². The Hall–Kier alpha value is -4.70. The van der Waals surface area contributed by atoms with E-state index in [9.17, 15) is 14.4 Å². The second kappa shape index (κ2) is 13.3. The molecular weight excluding hydrogens is 552 g/mol. The van der Waals surface area contributed by atoms with Gasteiger partial charge in [-0.25, -0.2) is 4.98 Å². The standard InChI is InChI=1S/C32H30N4O5S/c1-40-25-7-3-21(4-8-25)30(37)22-15-17-36(18-16-22)32(39)28-13-5-23(19-33-28)31(38)35-24-6-14-29(34-20-24)41-26-9-11-27(42-2)12-10-26/h3-14,19-20,22H,15-18H2,1-2H3,(H,35,38). The normalized spacial score (nSPS) is 13.3. The number of methoxy groups -OCH3 is 1. The van der Waals surface area contributed by atoms with E-state index in [1.807, 2.05) is 30.5 Å². The van der Waals surface area contributed by atoms with Gasteiger partial charge in [0.15, 0.2) is 5.78 Å². The molecule has 2 amide bonds. The topological polar surface area (TPSA) is 111 Å². The van der Waals surface area contributed by atoms with Crippen molar-refractivity contribution in [3.63, 3.8) is 0 Å². The molecule has 0 aliphatic carbocycles. The van der Waals surface area contributed by atoms with E-state index in [0.29, 0.717) is 60.1 Å². The first-order valence-corrected chi connectivity index (χ1v) is 14.7. The van der Waals surface area contributed by atoms with E-state index in [1.54, 1.807) is 72.3 Å². The Morgan fingerprint density at radius 2 is 1.52 bits per heavy atom. The van der Waals surface area contributed by atoms with E-state index >= 15 is 0 Å². The molecule has 1 N–H and O–H groups in total. The maximum Gasteiger partial charge on any atom is 0.272 e. The van der Waals surface area contributed by atoms with Crippen LogP contribution in [0.15, 0.2) is 90.1 Å². The van der Waals surface area contributed by atoms with Crippen LogP contribution in [0.5, 0.6) is 17.4 Å². The minimum atomic E-state index is -0.373. The molecule has 0 bridgehead atoms. The summed E-state index contributed by atoms with van der Waals surface area (Å²) < 4.78 is 10.9. The maximum atomic E-state index is 13.0. The zero-order valence-corrected chi connectivity index (χ0v) is 24.1. The zero-order chi connectivity index (χ0) is 29.5. The number of piperidine rings is 1. The summed E-state index contributed by atoms with van der Waals surface area (Å²) in [6, 6.07) is 21.3. The number of hydrogen-bond donors (Lipinski definition) is 1. The highest BCUT2D eigenvalue weighted by Crippen LogP contribution is 2.25. The van der Waals surface area contributed by atoms with Gasteiger partial charge < -0.3 is 19.7 Å². The highest BCUT2D eigenvalue weighted by atomic mass is 32.2. The molecular formula is C32H30N4O5S. The highest BCUT2D eigenvalue weighted by Gasteiger charge is 2.29. The van der Waals surface area contributed by atoms with Crippen molar-refractivity contribution < 1.29 is 23.9 Å². The highest BCUT2D eigenvalue weighted by molar-refractivity contribution is 7.98. The Labute approximate surface area is 248 Å². The third-order valence-electron chi connectivity index (χ3n) is 7.05. The number of nitrogens with one attached hydrogen (secondary N) is 1. The monoisotopic (exact) mass is 582 g/mol. The van der Waals surface area contributed by atoms with Gasteiger partial charge in [0.2, 0.25) is 5.88 Å². The number of hydrogen-bond acceptors (Lipinski definition) is 8. The zero-order valence-electron chi connectivity index (χ0n) is 23.3. The molecule has 5 rings (SSSR count). The van der Waals surface area contributed by atoms with Crippen molar-refractivity contribution in [2.24, 2.45) is 5.92 Å². The fraction of sp³-hybridized carbons (Fsp3) is 0.219. The number of aromatic nitrogens is 2. The average Bonchev–Trinajstić information content (AvgIpc) is 3.05. The summed E-state index contributed by atoms with van der Waals surface area (Å²) >= 11 is 1.65. The summed E-state index contributed by atoms with van der Waals surface area (Å²) in [5, 5.41) is 2.78. The minimum Gasteiger partial charge on any atom is -0.497 e. The lowest BCUT2D eigenvalue weighted by Crippen LogP contribution is -2.40. The van der Waals surface area contributed by atoms with Crippen LogP contribution in [0.25, 0.3) is 0 Å². The molecule has 42 heavy (non-hydrogen) atoms. The molecule has 1 saturated heterocycles. The van der Waals surface area contributed by atoms with Gasteiger partial charge in [0.05, 0.1) is 24.6 Å². The summed E-state index contributed by atoms with van der Waals surface area (Å²) in [6.45, 7) is 0.927. The quantitative estimate of drug-likeness (QED) is 0.189. The lowest BCUT2D eigenvalue weighted by atomic mass is 9.88. The molecule has 2 aromatic carbocycles. The molecule has 10 heteroatoms. The predicted octanol–water partition coefficient (Wildman–Crippen LogP) is 5.99. The molecule has 0 spiro atoms. The molecule has 1 fully saturated rings. The van der Waals surface area contributed by atoms with Gasteiger partial charge in [-0.1, -0.05) is 0 Å². The second-order valence-corrected chi connectivity index (χ2v) is 10.6. The third kappa shape index (κ3) is 6.95. The number of Topliss-reactive ketones (excluding diaryl/α,β-unsaturated/α-hetero) is 1. The van der Waals surface area contributed by atoms with E-state index in [4.69, 9.17) is 9.47 Å². The summed E-state index contributed by atoms with van der Waals surface area (Å²) in [4.78, 5) is 50.0. The van der Waals surface area contributed by atoms with Gasteiger partial charge >= 0.3 is 0 Å². The largest absolute Gasteiger partial charge is 0.497 e. The number of likely N-dealkylation sites (tertiary alicyclic amines) is 1. The molecule has 1 aliphatic rings. The van der Waals surface area contributed by atoms with Crippen LogP contribution >= 0.6 is 11.8 Å². The number of rotatable bonds is 9. The van der Waals surface area contributed by atoms with Gasteiger partial charge in [-0.05, 0) is 85.8 Å². The Bertz CT molecular complexity index is 1530. The van der Waals surface area contributed by atoms with Crippen molar-refractivity contribution in [2.45, 2.75) is 17.7 Å². The molecule has 0 saturated carbocycles. The van der Waals surface area contributed by atoms with Crippen LogP contribution in [0.1, 0.15) is 44.0 Å². The first-order chi connectivity index (χ1) is 20.4. The first-order valence-electron chi connectivity index (χ1n) is 13.5. The second-order valence-electron chi connectivity index (χ2n) is 9.71. The number of nitrogens with zero attached hydrogens (tertiary/aromatic N) is 3.